The SMILES string of the molecule is O=CC(=O)NC1=C[N+](Cc2ccccc2Cl)(c2cccnc2)c2ccccc21. The number of benzene rings is 2. The molecule has 1 unspecified atom stereocenters. The standard InChI is InChI=1S/C22H16ClN3O2/c23-19-9-3-1-6-16(19)13-26(17-7-5-11-24-12-17)14-20(25-22(28)15-27)18-8-2-4-10-21(18)26/h1-12,14-15H,13H2/p+1. The number of aromatic nitrogens is 1. The summed E-state index contributed by atoms with van der Waals surface area (Å²) in [5.41, 5.74) is 4.29. The van der Waals surface area contributed by atoms with Gasteiger partial charge in [-0.1, -0.05) is 41.9 Å². The number of nitrogens with zero attached hydrogens (tertiary/aromatic N) is 2. The van der Waals surface area contributed by atoms with Gasteiger partial charge in [-0.3, -0.25) is 14.6 Å². The third-order valence-corrected chi connectivity index (χ3v) is 5.19. The quantitative estimate of drug-likeness (QED) is 0.403. The van der Waals surface area contributed by atoms with Gasteiger partial charge in [0, 0.05) is 28.9 Å². The zero-order chi connectivity index (χ0) is 19.6. The van der Waals surface area contributed by atoms with Gasteiger partial charge in [0.2, 0.25) is 6.29 Å². The van der Waals surface area contributed by atoms with E-state index in [4.69, 9.17) is 11.6 Å². The van der Waals surface area contributed by atoms with Crippen LogP contribution >= 0.6 is 11.6 Å². The molecule has 1 N–H and O–H groups in total. The van der Waals surface area contributed by atoms with Crippen LogP contribution < -0.4 is 9.80 Å². The van der Waals surface area contributed by atoms with Crippen molar-refractivity contribution >= 4 is 40.9 Å². The number of fused-ring (bicyclic) bond motifs is 1. The van der Waals surface area contributed by atoms with Crippen molar-refractivity contribution in [3.05, 3.63) is 95.4 Å². The number of halogens is 1. The molecule has 0 aliphatic carbocycles. The highest BCUT2D eigenvalue weighted by Crippen LogP contribution is 2.47. The van der Waals surface area contributed by atoms with E-state index in [1.165, 1.54) is 0 Å². The van der Waals surface area contributed by atoms with Crippen molar-refractivity contribution in [1.82, 2.24) is 14.8 Å². The normalized spacial score (nSPS) is 17.5. The Hall–Kier alpha value is -3.28. The van der Waals surface area contributed by atoms with Gasteiger partial charge in [0.25, 0.3) is 5.91 Å². The molecular weight excluding hydrogens is 374 g/mol. The zero-order valence-corrected chi connectivity index (χ0v) is 15.6. The zero-order valence-electron chi connectivity index (χ0n) is 14.9. The summed E-state index contributed by atoms with van der Waals surface area (Å²) in [5.74, 6) is -0.690. The van der Waals surface area contributed by atoms with Crippen LogP contribution in [-0.2, 0) is 16.1 Å². The number of quaternary nitrogens is 1. The lowest BCUT2D eigenvalue weighted by molar-refractivity contribution is -0.130. The maximum Gasteiger partial charge on any atom is 0.288 e. The lowest BCUT2D eigenvalue weighted by atomic mass is 10.1. The molecule has 4 rings (SSSR count). The molecule has 28 heavy (non-hydrogen) atoms. The molecule has 1 aliphatic heterocycles. The smallest absolute Gasteiger partial charge is 0.288 e. The second-order valence-corrected chi connectivity index (χ2v) is 6.90. The third kappa shape index (κ3) is 3.11. The molecule has 1 aliphatic rings. The van der Waals surface area contributed by atoms with Gasteiger partial charge < -0.3 is 5.32 Å². The fourth-order valence-electron chi connectivity index (χ4n) is 3.59. The summed E-state index contributed by atoms with van der Waals surface area (Å²) >= 11 is 6.46. The number of hydrogen-bond donors (Lipinski definition) is 1. The molecule has 0 saturated heterocycles. The first kappa shape index (κ1) is 18.1. The van der Waals surface area contributed by atoms with Gasteiger partial charge in [0.1, 0.15) is 18.4 Å². The summed E-state index contributed by atoms with van der Waals surface area (Å²) in [6, 6.07) is 19.3. The average molecular weight is 391 g/mol. The maximum atomic E-state index is 11.8. The molecule has 5 nitrogen and oxygen atoms in total. The van der Waals surface area contributed by atoms with E-state index in [1.807, 2.05) is 66.9 Å². The van der Waals surface area contributed by atoms with Crippen LogP contribution in [0.1, 0.15) is 11.1 Å². The van der Waals surface area contributed by atoms with Crippen LogP contribution in [0.4, 0.5) is 11.4 Å². The van der Waals surface area contributed by atoms with Crippen LogP contribution in [-0.4, -0.2) is 17.2 Å². The van der Waals surface area contributed by atoms with E-state index < -0.39 is 5.91 Å². The number of aldehydes is 1. The van der Waals surface area contributed by atoms with Crippen LogP contribution in [0.25, 0.3) is 5.70 Å². The van der Waals surface area contributed by atoms with Gasteiger partial charge in [0.05, 0.1) is 11.8 Å². The van der Waals surface area contributed by atoms with Gasteiger partial charge in [-0.05, 0) is 18.2 Å². The van der Waals surface area contributed by atoms with Gasteiger partial charge in [-0.25, -0.2) is 4.48 Å². The summed E-state index contributed by atoms with van der Waals surface area (Å²) < 4.78 is 0.294. The van der Waals surface area contributed by atoms with Crippen LogP contribution in [0.3, 0.4) is 0 Å². The van der Waals surface area contributed by atoms with Crippen molar-refractivity contribution in [2.24, 2.45) is 0 Å². The topological polar surface area (TPSA) is 59.1 Å². The van der Waals surface area contributed by atoms with Gasteiger partial charge in [0.15, 0.2) is 11.4 Å². The Morgan fingerprint density at radius 2 is 1.86 bits per heavy atom. The molecule has 1 atom stereocenters. The molecule has 1 aromatic heterocycles. The summed E-state index contributed by atoms with van der Waals surface area (Å²) in [7, 11) is 0. The second-order valence-electron chi connectivity index (χ2n) is 6.50. The third-order valence-electron chi connectivity index (χ3n) is 4.82. The van der Waals surface area contributed by atoms with E-state index in [0.717, 1.165) is 22.5 Å². The largest absolute Gasteiger partial charge is 0.315 e. The van der Waals surface area contributed by atoms with E-state index in [9.17, 15) is 9.59 Å². The molecule has 2 heterocycles. The lowest BCUT2D eigenvalue weighted by Gasteiger charge is -2.31. The van der Waals surface area contributed by atoms with E-state index in [1.54, 1.807) is 12.4 Å². The minimum Gasteiger partial charge on any atom is -0.315 e. The van der Waals surface area contributed by atoms with Crippen molar-refractivity contribution in [3.8, 4) is 0 Å². The molecule has 138 valence electrons. The van der Waals surface area contributed by atoms with Crippen molar-refractivity contribution < 1.29 is 9.59 Å². The molecule has 0 fully saturated rings. The number of carbonyl (C=O) groups excluding carboxylic acids is 2. The molecule has 1 amide bonds. The number of nitrogens with one attached hydrogen (secondary N) is 1. The van der Waals surface area contributed by atoms with Crippen LogP contribution in [0.5, 0.6) is 0 Å². The number of amides is 1. The molecule has 3 aromatic rings. The highest BCUT2D eigenvalue weighted by molar-refractivity contribution is 6.31. The van der Waals surface area contributed by atoms with Gasteiger partial charge in [-0.2, -0.15) is 0 Å². The Morgan fingerprint density at radius 3 is 2.61 bits per heavy atom. The first-order valence-electron chi connectivity index (χ1n) is 8.75. The van der Waals surface area contributed by atoms with Crippen molar-refractivity contribution in [2.45, 2.75) is 6.54 Å². The van der Waals surface area contributed by atoms with Crippen LogP contribution in [0.15, 0.2) is 79.3 Å². The Labute approximate surface area is 167 Å². The Balaban J connectivity index is 1.94. The highest BCUT2D eigenvalue weighted by atomic mass is 35.5. The Kier molecular flexibility index (Phi) is 4.77. The number of carbonyl (C=O) groups is 2. The highest BCUT2D eigenvalue weighted by Gasteiger charge is 2.42. The second kappa shape index (κ2) is 7.38. The number of rotatable bonds is 5. The molecule has 2 aromatic carbocycles. The number of hydrogen-bond acceptors (Lipinski definition) is 3. The van der Waals surface area contributed by atoms with E-state index in [2.05, 4.69) is 10.3 Å². The monoisotopic (exact) mass is 390 g/mol. The van der Waals surface area contributed by atoms with Crippen LogP contribution in [0, 0.1) is 0 Å². The summed E-state index contributed by atoms with van der Waals surface area (Å²) in [6.07, 6.45) is 5.73. The molecule has 0 saturated carbocycles. The first-order valence-corrected chi connectivity index (χ1v) is 9.12. The molecule has 6 heteroatoms. The Morgan fingerprint density at radius 1 is 1.07 bits per heavy atom. The lowest BCUT2D eigenvalue weighted by Crippen LogP contribution is -2.36. The summed E-state index contributed by atoms with van der Waals surface area (Å²) in [4.78, 5) is 27.0. The fraction of sp³-hybridized carbons (Fsp3) is 0.0455. The first-order chi connectivity index (χ1) is 13.6. The molecule has 0 bridgehead atoms. The minimum atomic E-state index is -0.690. The van der Waals surface area contributed by atoms with Crippen molar-refractivity contribution in [2.75, 3.05) is 0 Å². The molecular formula is C22H17ClN3O2+. The molecule has 0 radical (unpaired) electrons. The summed E-state index contributed by atoms with van der Waals surface area (Å²) in [5, 5.41) is 3.36. The maximum absolute atomic E-state index is 11.8. The van der Waals surface area contributed by atoms with E-state index in [0.29, 0.717) is 21.7 Å². The average Bonchev–Trinajstić information content (AvgIpc) is 3.05. The van der Waals surface area contributed by atoms with Crippen molar-refractivity contribution in [1.29, 1.82) is 0 Å². The number of para-hydroxylation sites is 1. The molecule has 0 spiro atoms. The minimum absolute atomic E-state index is 0.272. The van der Waals surface area contributed by atoms with Gasteiger partial charge in [-0.15, -0.1) is 0 Å². The number of pyridine rings is 1. The summed E-state index contributed by atoms with van der Waals surface area (Å²) in [6.45, 7) is 0.531. The van der Waals surface area contributed by atoms with Gasteiger partial charge >= 0.3 is 0 Å². The van der Waals surface area contributed by atoms with E-state index >= 15 is 0 Å². The Bertz CT molecular complexity index is 1080. The fourth-order valence-corrected chi connectivity index (χ4v) is 3.79. The predicted molar refractivity (Wildman–Crippen MR) is 109 cm³/mol. The van der Waals surface area contributed by atoms with E-state index in [-0.39, 0.29) is 6.29 Å². The van der Waals surface area contributed by atoms with Crippen molar-refractivity contribution in [3.63, 3.8) is 0 Å². The predicted octanol–water partition coefficient (Wildman–Crippen LogP) is 4.20. The van der Waals surface area contributed by atoms with Crippen LogP contribution in [0.2, 0.25) is 5.02 Å².